The van der Waals surface area contributed by atoms with Gasteiger partial charge in [-0.2, -0.15) is 0 Å². The van der Waals surface area contributed by atoms with E-state index in [1.165, 1.54) is 0 Å². The molecule has 8 heteroatoms. The fourth-order valence-corrected chi connectivity index (χ4v) is 1.67. The van der Waals surface area contributed by atoms with Gasteiger partial charge in [0.25, 0.3) is 11.8 Å². The van der Waals surface area contributed by atoms with Gasteiger partial charge in [0.1, 0.15) is 11.5 Å². The van der Waals surface area contributed by atoms with Crippen molar-refractivity contribution in [1.29, 1.82) is 0 Å². The molecule has 3 heterocycles. The summed E-state index contributed by atoms with van der Waals surface area (Å²) in [5, 5.41) is 9.06. The second-order valence-electron chi connectivity index (χ2n) is 3.69. The number of nitrogens with zero attached hydrogens (tertiary/aromatic N) is 2. The average molecular weight is 234 g/mol. The summed E-state index contributed by atoms with van der Waals surface area (Å²) in [5.74, 6) is 0.347. The van der Waals surface area contributed by atoms with Crippen LogP contribution in [0.25, 0.3) is 0 Å². The van der Waals surface area contributed by atoms with Gasteiger partial charge in [0, 0.05) is 18.3 Å². The van der Waals surface area contributed by atoms with Gasteiger partial charge in [-0.3, -0.25) is 9.89 Å². The van der Waals surface area contributed by atoms with Crippen molar-refractivity contribution in [3.05, 3.63) is 18.2 Å². The van der Waals surface area contributed by atoms with E-state index in [2.05, 4.69) is 25.5 Å². The smallest absolute Gasteiger partial charge is 0.266 e. The summed E-state index contributed by atoms with van der Waals surface area (Å²) in [4.78, 5) is 18.6. The summed E-state index contributed by atoms with van der Waals surface area (Å²) in [6.07, 6.45) is 2.96. The highest BCUT2D eigenvalue weighted by Crippen LogP contribution is 2.32. The Hall–Kier alpha value is -2.51. The van der Waals surface area contributed by atoms with Crippen LogP contribution in [0.1, 0.15) is 5.69 Å². The van der Waals surface area contributed by atoms with Gasteiger partial charge in [0.15, 0.2) is 6.10 Å². The molecule has 1 unspecified atom stereocenters. The standard InChI is InChI=1S/C9H10N6O2/c10-7-6-9(15-14-7)17-5(8(16)13-6)1-4-2-11-3-12-4/h2-3,5H,1H2,(H,11,12)(H,13,16)(H3,10,14,15). The van der Waals surface area contributed by atoms with E-state index in [4.69, 9.17) is 10.5 Å². The maximum absolute atomic E-state index is 11.8. The van der Waals surface area contributed by atoms with E-state index in [0.717, 1.165) is 5.69 Å². The van der Waals surface area contributed by atoms with Crippen molar-refractivity contribution < 1.29 is 9.53 Å². The molecule has 0 aliphatic carbocycles. The van der Waals surface area contributed by atoms with E-state index in [9.17, 15) is 4.79 Å². The Morgan fingerprint density at radius 1 is 1.53 bits per heavy atom. The van der Waals surface area contributed by atoms with E-state index in [1.807, 2.05) is 0 Å². The maximum atomic E-state index is 11.8. The number of rotatable bonds is 2. The number of aromatic nitrogens is 4. The summed E-state index contributed by atoms with van der Waals surface area (Å²) in [7, 11) is 0. The van der Waals surface area contributed by atoms with Gasteiger partial charge in [-0.1, -0.05) is 0 Å². The lowest BCUT2D eigenvalue weighted by atomic mass is 10.1. The molecular weight excluding hydrogens is 224 g/mol. The number of hydrogen-bond acceptors (Lipinski definition) is 5. The van der Waals surface area contributed by atoms with Crippen molar-refractivity contribution in [3.8, 4) is 5.88 Å². The summed E-state index contributed by atoms with van der Waals surface area (Å²) in [6, 6.07) is 0. The predicted octanol–water partition coefficient (Wildman–Crippen LogP) is -0.343. The Bertz CT molecular complexity index is 546. The van der Waals surface area contributed by atoms with Gasteiger partial charge in [-0.05, 0) is 0 Å². The van der Waals surface area contributed by atoms with E-state index in [-0.39, 0.29) is 11.7 Å². The van der Waals surface area contributed by atoms with Crippen LogP contribution in [0.4, 0.5) is 11.5 Å². The summed E-state index contributed by atoms with van der Waals surface area (Å²) >= 11 is 0. The number of imidazole rings is 1. The number of ether oxygens (including phenoxy) is 1. The highest BCUT2D eigenvalue weighted by molar-refractivity contribution is 5.99. The number of nitrogens with one attached hydrogen (secondary N) is 3. The number of anilines is 2. The monoisotopic (exact) mass is 234 g/mol. The Kier molecular flexibility index (Phi) is 2.00. The van der Waals surface area contributed by atoms with E-state index < -0.39 is 6.10 Å². The average Bonchev–Trinajstić information content (AvgIpc) is 2.92. The van der Waals surface area contributed by atoms with Crippen molar-refractivity contribution in [2.45, 2.75) is 12.5 Å². The van der Waals surface area contributed by atoms with Gasteiger partial charge < -0.3 is 20.8 Å². The van der Waals surface area contributed by atoms with Crippen LogP contribution in [0.3, 0.4) is 0 Å². The lowest BCUT2D eigenvalue weighted by Crippen LogP contribution is -2.38. The van der Waals surface area contributed by atoms with Gasteiger partial charge in [0.05, 0.1) is 6.33 Å². The van der Waals surface area contributed by atoms with Gasteiger partial charge >= 0.3 is 0 Å². The molecule has 17 heavy (non-hydrogen) atoms. The van der Waals surface area contributed by atoms with Crippen molar-refractivity contribution in [1.82, 2.24) is 20.2 Å². The van der Waals surface area contributed by atoms with Gasteiger partial charge in [-0.25, -0.2) is 4.98 Å². The summed E-state index contributed by atoms with van der Waals surface area (Å²) in [5.41, 5.74) is 6.79. The number of fused-ring (bicyclic) bond motifs is 1. The third kappa shape index (κ3) is 1.59. The van der Waals surface area contributed by atoms with Crippen LogP contribution >= 0.6 is 0 Å². The molecule has 2 aromatic heterocycles. The number of hydrogen-bond donors (Lipinski definition) is 4. The third-order valence-electron chi connectivity index (χ3n) is 2.52. The minimum absolute atomic E-state index is 0.250. The lowest BCUT2D eigenvalue weighted by Gasteiger charge is -2.21. The number of nitrogens with two attached hydrogens (primary N) is 1. The zero-order chi connectivity index (χ0) is 11.8. The topological polar surface area (TPSA) is 122 Å². The molecule has 8 nitrogen and oxygen atoms in total. The highest BCUT2D eigenvalue weighted by atomic mass is 16.5. The van der Waals surface area contributed by atoms with Crippen molar-refractivity contribution in [2.24, 2.45) is 0 Å². The molecule has 2 aromatic rings. The van der Waals surface area contributed by atoms with Crippen molar-refractivity contribution >= 4 is 17.4 Å². The first kappa shape index (κ1) is 9.70. The quantitative estimate of drug-likeness (QED) is 0.566. The molecule has 1 amide bonds. The molecule has 0 fully saturated rings. The van der Waals surface area contributed by atoms with Crippen LogP contribution in [-0.2, 0) is 11.2 Å². The van der Waals surface area contributed by atoms with Crippen LogP contribution in [0.2, 0.25) is 0 Å². The Morgan fingerprint density at radius 2 is 2.41 bits per heavy atom. The molecule has 88 valence electrons. The van der Waals surface area contributed by atoms with Crippen molar-refractivity contribution in [3.63, 3.8) is 0 Å². The molecule has 0 spiro atoms. The first-order valence-corrected chi connectivity index (χ1v) is 5.02. The van der Waals surface area contributed by atoms with Gasteiger partial charge in [-0.15, -0.1) is 5.10 Å². The molecule has 1 aliphatic heterocycles. The normalized spacial score (nSPS) is 18.4. The number of aromatic amines is 2. The summed E-state index contributed by atoms with van der Waals surface area (Å²) < 4.78 is 5.46. The minimum Gasteiger partial charge on any atom is -0.461 e. The van der Waals surface area contributed by atoms with E-state index >= 15 is 0 Å². The van der Waals surface area contributed by atoms with Crippen LogP contribution in [0, 0.1) is 0 Å². The Balaban J connectivity index is 1.82. The number of carbonyl (C=O) groups excluding carboxylic acids is 1. The molecule has 3 rings (SSSR count). The van der Waals surface area contributed by atoms with Crippen LogP contribution in [0.15, 0.2) is 12.5 Å². The fourth-order valence-electron chi connectivity index (χ4n) is 1.67. The zero-order valence-electron chi connectivity index (χ0n) is 8.73. The van der Waals surface area contributed by atoms with Gasteiger partial charge in [0.2, 0.25) is 0 Å². The minimum atomic E-state index is -0.634. The predicted molar refractivity (Wildman–Crippen MR) is 58.3 cm³/mol. The summed E-state index contributed by atoms with van der Waals surface area (Å²) in [6.45, 7) is 0. The molecule has 1 atom stereocenters. The van der Waals surface area contributed by atoms with Crippen LogP contribution in [0.5, 0.6) is 5.88 Å². The molecule has 0 saturated carbocycles. The molecule has 0 radical (unpaired) electrons. The van der Waals surface area contributed by atoms with E-state index in [0.29, 0.717) is 18.0 Å². The molecule has 0 bridgehead atoms. The number of H-pyrrole nitrogens is 2. The molecule has 1 aliphatic rings. The first-order valence-electron chi connectivity index (χ1n) is 5.02. The van der Waals surface area contributed by atoms with Crippen LogP contribution in [-0.4, -0.2) is 32.2 Å². The third-order valence-corrected chi connectivity index (χ3v) is 2.52. The fraction of sp³-hybridized carbons (Fsp3) is 0.222. The Labute approximate surface area is 95.6 Å². The number of carbonyl (C=O) groups is 1. The maximum Gasteiger partial charge on any atom is 0.266 e. The lowest BCUT2D eigenvalue weighted by molar-refractivity contribution is -0.123. The molecule has 5 N–H and O–H groups in total. The second-order valence-corrected chi connectivity index (χ2v) is 3.69. The largest absolute Gasteiger partial charge is 0.461 e. The molecule has 0 aromatic carbocycles. The molecule has 0 saturated heterocycles. The molecular formula is C9H10N6O2. The van der Waals surface area contributed by atoms with Crippen molar-refractivity contribution in [2.75, 3.05) is 11.1 Å². The number of nitrogen functional groups attached to an aromatic ring is 1. The highest BCUT2D eigenvalue weighted by Gasteiger charge is 2.31. The second kappa shape index (κ2) is 3.51. The zero-order valence-corrected chi connectivity index (χ0v) is 8.73. The Morgan fingerprint density at radius 3 is 3.18 bits per heavy atom. The SMILES string of the molecule is Nc1[nH]nc2c1NC(=O)C(Cc1cnc[nH]1)O2. The van der Waals surface area contributed by atoms with E-state index in [1.54, 1.807) is 12.5 Å². The first-order chi connectivity index (χ1) is 8.24. The van der Waals surface area contributed by atoms with Crippen LogP contribution < -0.4 is 15.8 Å². The number of amides is 1.